The van der Waals surface area contributed by atoms with E-state index in [9.17, 15) is 4.39 Å². The lowest BCUT2D eigenvalue weighted by atomic mass is 10.1. The van der Waals surface area contributed by atoms with Gasteiger partial charge in [0.15, 0.2) is 0 Å². The molecule has 0 fully saturated rings. The Morgan fingerprint density at radius 2 is 2.00 bits per heavy atom. The lowest BCUT2D eigenvalue weighted by Crippen LogP contribution is -2.03. The highest BCUT2D eigenvalue weighted by Crippen LogP contribution is 2.26. The number of benzene rings is 2. The van der Waals surface area contributed by atoms with Crippen molar-refractivity contribution in [2.75, 3.05) is 0 Å². The van der Waals surface area contributed by atoms with Gasteiger partial charge in [-0.05, 0) is 30.2 Å². The molecule has 1 heterocycles. The molecule has 0 radical (unpaired) electrons. The number of rotatable bonds is 4. The third-order valence-electron chi connectivity index (χ3n) is 3.56. The zero-order chi connectivity index (χ0) is 14.8. The first-order valence-corrected chi connectivity index (χ1v) is 7.59. The molecule has 0 unspecified atom stereocenters. The van der Waals surface area contributed by atoms with Gasteiger partial charge in [0.25, 0.3) is 0 Å². The summed E-state index contributed by atoms with van der Waals surface area (Å²) in [6.07, 6.45) is 2.05. The minimum atomic E-state index is -0.282. The zero-order valence-corrected chi connectivity index (χ0v) is 12.6. The van der Waals surface area contributed by atoms with Crippen LogP contribution in [0.5, 0.6) is 0 Å². The van der Waals surface area contributed by atoms with Crippen molar-refractivity contribution in [1.29, 1.82) is 0 Å². The molecule has 0 bridgehead atoms. The molecular formula is C17H16ClFN2. The fourth-order valence-corrected chi connectivity index (χ4v) is 2.85. The van der Waals surface area contributed by atoms with E-state index in [2.05, 4.69) is 24.0 Å². The van der Waals surface area contributed by atoms with Gasteiger partial charge in [0, 0.05) is 6.07 Å². The lowest BCUT2D eigenvalue weighted by Gasteiger charge is -2.13. The molecular weight excluding hydrogens is 287 g/mol. The minimum Gasteiger partial charge on any atom is -0.295 e. The largest absolute Gasteiger partial charge is 0.295 e. The van der Waals surface area contributed by atoms with Gasteiger partial charge in [0.2, 0.25) is 0 Å². The van der Waals surface area contributed by atoms with Gasteiger partial charge in [0.1, 0.15) is 11.6 Å². The molecule has 3 aromatic rings. The van der Waals surface area contributed by atoms with E-state index in [1.807, 2.05) is 16.7 Å². The van der Waals surface area contributed by atoms with Crippen LogP contribution in [0.1, 0.15) is 24.7 Å². The number of hydrogen-bond acceptors (Lipinski definition) is 1. The number of aromatic nitrogens is 2. The molecule has 1 aromatic heterocycles. The van der Waals surface area contributed by atoms with Crippen LogP contribution in [0.25, 0.3) is 16.7 Å². The molecule has 0 N–H and O–H groups in total. The fraction of sp³-hybridized carbons (Fsp3) is 0.235. The molecule has 0 spiro atoms. The third kappa shape index (κ3) is 2.54. The molecule has 0 saturated heterocycles. The van der Waals surface area contributed by atoms with E-state index in [1.165, 1.54) is 17.7 Å². The van der Waals surface area contributed by atoms with Crippen molar-refractivity contribution in [2.45, 2.75) is 25.6 Å². The van der Waals surface area contributed by atoms with Crippen LogP contribution in [0, 0.1) is 5.82 Å². The Bertz CT molecular complexity index is 780. The predicted molar refractivity (Wildman–Crippen MR) is 84.6 cm³/mol. The molecule has 21 heavy (non-hydrogen) atoms. The van der Waals surface area contributed by atoms with Crippen molar-refractivity contribution < 1.29 is 4.39 Å². The van der Waals surface area contributed by atoms with Gasteiger partial charge in [-0.3, -0.25) is 4.57 Å². The van der Waals surface area contributed by atoms with Crippen LogP contribution in [-0.2, 0) is 12.3 Å². The third-order valence-corrected chi connectivity index (χ3v) is 3.80. The van der Waals surface area contributed by atoms with Crippen LogP contribution in [0.3, 0.4) is 0 Å². The number of alkyl halides is 1. The van der Waals surface area contributed by atoms with Crippen LogP contribution >= 0.6 is 11.6 Å². The maximum Gasteiger partial charge on any atom is 0.129 e. The van der Waals surface area contributed by atoms with Crippen molar-refractivity contribution in [2.24, 2.45) is 0 Å². The minimum absolute atomic E-state index is 0.282. The first-order valence-electron chi connectivity index (χ1n) is 7.05. The van der Waals surface area contributed by atoms with Crippen LogP contribution in [0.2, 0.25) is 0 Å². The smallest absolute Gasteiger partial charge is 0.129 e. The number of aryl methyl sites for hydroxylation is 1. The van der Waals surface area contributed by atoms with Gasteiger partial charge in [-0.1, -0.05) is 31.5 Å². The van der Waals surface area contributed by atoms with Gasteiger partial charge < -0.3 is 0 Å². The van der Waals surface area contributed by atoms with E-state index < -0.39 is 0 Å². The van der Waals surface area contributed by atoms with E-state index in [-0.39, 0.29) is 11.7 Å². The number of fused-ring (bicyclic) bond motifs is 1. The summed E-state index contributed by atoms with van der Waals surface area (Å²) in [7, 11) is 0. The van der Waals surface area contributed by atoms with Crippen molar-refractivity contribution in [3.05, 3.63) is 59.7 Å². The zero-order valence-electron chi connectivity index (χ0n) is 11.8. The fourth-order valence-electron chi connectivity index (χ4n) is 2.67. The molecule has 0 amide bonds. The molecule has 0 aliphatic carbocycles. The summed E-state index contributed by atoms with van der Waals surface area (Å²) in [5.41, 5.74) is 3.84. The average molecular weight is 303 g/mol. The van der Waals surface area contributed by atoms with Crippen LogP contribution in [-0.4, -0.2) is 9.55 Å². The second kappa shape index (κ2) is 5.86. The molecule has 2 aromatic carbocycles. The van der Waals surface area contributed by atoms with Gasteiger partial charge in [-0.25, -0.2) is 9.37 Å². The van der Waals surface area contributed by atoms with E-state index in [1.54, 1.807) is 6.07 Å². The molecule has 108 valence electrons. The van der Waals surface area contributed by atoms with Crippen LogP contribution in [0.4, 0.5) is 4.39 Å². The van der Waals surface area contributed by atoms with Gasteiger partial charge in [-0.2, -0.15) is 0 Å². The predicted octanol–water partition coefficient (Wildman–Crippen LogP) is 4.86. The highest BCUT2D eigenvalue weighted by atomic mass is 35.5. The summed E-state index contributed by atoms with van der Waals surface area (Å²) < 4.78 is 15.4. The summed E-state index contributed by atoms with van der Waals surface area (Å²) in [6.45, 7) is 2.15. The Hall–Kier alpha value is -1.87. The quantitative estimate of drug-likeness (QED) is 0.630. The Kier molecular flexibility index (Phi) is 3.93. The van der Waals surface area contributed by atoms with Crippen molar-refractivity contribution in [1.82, 2.24) is 9.55 Å². The average Bonchev–Trinajstić information content (AvgIpc) is 2.85. The maximum absolute atomic E-state index is 13.4. The SMILES string of the molecule is CCCc1ccccc1-n1c(CCl)nc2cc(F)ccc21. The van der Waals surface area contributed by atoms with E-state index in [4.69, 9.17) is 11.6 Å². The Morgan fingerprint density at radius 3 is 2.76 bits per heavy atom. The van der Waals surface area contributed by atoms with Gasteiger partial charge >= 0.3 is 0 Å². The van der Waals surface area contributed by atoms with Gasteiger partial charge in [-0.15, -0.1) is 11.6 Å². The highest BCUT2D eigenvalue weighted by molar-refractivity contribution is 6.17. The maximum atomic E-state index is 13.4. The van der Waals surface area contributed by atoms with Crippen molar-refractivity contribution >= 4 is 22.6 Å². The van der Waals surface area contributed by atoms with E-state index in [0.29, 0.717) is 5.52 Å². The lowest BCUT2D eigenvalue weighted by molar-refractivity contribution is 0.629. The summed E-state index contributed by atoms with van der Waals surface area (Å²) in [6, 6.07) is 12.9. The number of nitrogens with zero attached hydrogens (tertiary/aromatic N) is 2. The number of halogens is 2. The Balaban J connectivity index is 2.29. The summed E-state index contributed by atoms with van der Waals surface area (Å²) in [4.78, 5) is 4.46. The number of imidazole rings is 1. The monoisotopic (exact) mass is 302 g/mol. The molecule has 0 aliphatic rings. The molecule has 0 atom stereocenters. The van der Waals surface area contributed by atoms with Crippen LogP contribution < -0.4 is 0 Å². The number of hydrogen-bond donors (Lipinski definition) is 0. The van der Waals surface area contributed by atoms with E-state index >= 15 is 0 Å². The first kappa shape index (κ1) is 14.1. The first-order chi connectivity index (χ1) is 10.2. The molecule has 3 rings (SSSR count). The summed E-state index contributed by atoms with van der Waals surface area (Å²) >= 11 is 6.05. The second-order valence-corrected chi connectivity index (χ2v) is 5.28. The molecule has 2 nitrogen and oxygen atoms in total. The topological polar surface area (TPSA) is 17.8 Å². The van der Waals surface area contributed by atoms with Gasteiger partial charge in [0.05, 0.1) is 22.6 Å². The molecule has 0 aliphatic heterocycles. The van der Waals surface area contributed by atoms with Crippen molar-refractivity contribution in [3.8, 4) is 5.69 Å². The number of para-hydroxylation sites is 1. The normalized spacial score (nSPS) is 11.2. The summed E-state index contributed by atoms with van der Waals surface area (Å²) in [5.74, 6) is 0.743. The Morgan fingerprint density at radius 1 is 1.19 bits per heavy atom. The van der Waals surface area contributed by atoms with Crippen molar-refractivity contribution in [3.63, 3.8) is 0 Å². The summed E-state index contributed by atoms with van der Waals surface area (Å²) in [5, 5.41) is 0. The standard InChI is InChI=1S/C17H16ClFN2/c1-2-5-12-6-3-4-7-15(12)21-16-9-8-13(19)10-14(16)20-17(21)11-18/h3-4,6-10H,2,5,11H2,1H3. The Labute approximate surface area is 128 Å². The molecule has 0 saturated carbocycles. The highest BCUT2D eigenvalue weighted by Gasteiger charge is 2.14. The second-order valence-electron chi connectivity index (χ2n) is 5.01. The molecule has 4 heteroatoms. The van der Waals surface area contributed by atoms with Crippen LogP contribution in [0.15, 0.2) is 42.5 Å². The van der Waals surface area contributed by atoms with E-state index in [0.717, 1.165) is 29.9 Å².